The fraction of sp³-hybridized carbons (Fsp3) is 0.0769. The van der Waals surface area contributed by atoms with Crippen molar-refractivity contribution in [2.24, 2.45) is 0 Å². The summed E-state index contributed by atoms with van der Waals surface area (Å²) < 4.78 is 0. The van der Waals surface area contributed by atoms with Crippen LogP contribution < -0.4 is 10.9 Å². The normalized spacial score (nSPS) is 10.1. The Labute approximate surface area is 103 Å². The highest BCUT2D eigenvalue weighted by atomic mass is 16.3. The monoisotopic (exact) mass is 244 g/mol. The quantitative estimate of drug-likeness (QED) is 0.751. The number of H-pyrrole nitrogens is 1. The highest BCUT2D eigenvalue weighted by molar-refractivity contribution is 6.04. The minimum Gasteiger partial charge on any atom is -0.508 e. The number of aromatic nitrogens is 1. The summed E-state index contributed by atoms with van der Waals surface area (Å²) in [6, 6.07) is 7.58. The van der Waals surface area contributed by atoms with Crippen LogP contribution in [-0.2, 0) is 0 Å². The van der Waals surface area contributed by atoms with Crippen molar-refractivity contribution < 1.29 is 9.90 Å². The van der Waals surface area contributed by atoms with Gasteiger partial charge in [0, 0.05) is 29.1 Å². The van der Waals surface area contributed by atoms with Gasteiger partial charge in [-0.25, -0.2) is 0 Å². The molecule has 0 saturated heterocycles. The molecule has 0 radical (unpaired) electrons. The van der Waals surface area contributed by atoms with E-state index in [2.05, 4.69) is 10.3 Å². The maximum Gasteiger partial charge on any atom is 0.255 e. The van der Waals surface area contributed by atoms with E-state index < -0.39 is 5.91 Å². The number of anilines is 1. The summed E-state index contributed by atoms with van der Waals surface area (Å²) in [5.41, 5.74) is 1.02. The highest BCUT2D eigenvalue weighted by Gasteiger charge is 2.09. The van der Waals surface area contributed by atoms with Gasteiger partial charge in [0.25, 0.3) is 5.91 Å². The number of rotatable bonds is 2. The van der Waals surface area contributed by atoms with Crippen LogP contribution in [0.4, 0.5) is 5.69 Å². The van der Waals surface area contributed by atoms with Gasteiger partial charge in [0.1, 0.15) is 5.75 Å². The number of amides is 1. The number of nitrogens with one attached hydrogen (secondary N) is 2. The van der Waals surface area contributed by atoms with Gasteiger partial charge in [0.2, 0.25) is 5.56 Å². The number of phenols is 1. The Morgan fingerprint density at radius 1 is 1.33 bits per heavy atom. The number of aromatic amines is 1. The molecule has 0 aliphatic heterocycles. The van der Waals surface area contributed by atoms with Crippen LogP contribution in [0.5, 0.6) is 5.75 Å². The van der Waals surface area contributed by atoms with Crippen molar-refractivity contribution >= 4 is 11.6 Å². The summed E-state index contributed by atoms with van der Waals surface area (Å²) in [6.45, 7) is 1.70. The van der Waals surface area contributed by atoms with E-state index in [4.69, 9.17) is 0 Å². The molecule has 0 aliphatic rings. The summed E-state index contributed by atoms with van der Waals surface area (Å²) in [5, 5.41) is 12.2. The number of carbonyl (C=O) groups excluding carboxylic acids is 1. The Bertz CT molecular complexity index is 647. The fourth-order valence-corrected chi connectivity index (χ4v) is 1.54. The first-order valence-corrected chi connectivity index (χ1v) is 5.36. The van der Waals surface area contributed by atoms with Crippen LogP contribution in [0.25, 0.3) is 0 Å². The number of carbonyl (C=O) groups is 1. The van der Waals surface area contributed by atoms with Crippen molar-refractivity contribution in [2.45, 2.75) is 6.92 Å². The van der Waals surface area contributed by atoms with E-state index in [0.29, 0.717) is 11.3 Å². The summed E-state index contributed by atoms with van der Waals surface area (Å²) in [4.78, 5) is 25.4. The molecule has 0 aliphatic carbocycles. The van der Waals surface area contributed by atoms with Gasteiger partial charge >= 0.3 is 0 Å². The Morgan fingerprint density at radius 3 is 2.83 bits per heavy atom. The van der Waals surface area contributed by atoms with Gasteiger partial charge < -0.3 is 15.4 Å². The van der Waals surface area contributed by atoms with Gasteiger partial charge in [-0.15, -0.1) is 0 Å². The van der Waals surface area contributed by atoms with Crippen molar-refractivity contribution in [3.8, 4) is 5.75 Å². The zero-order valence-corrected chi connectivity index (χ0v) is 9.73. The Balaban J connectivity index is 2.27. The van der Waals surface area contributed by atoms with E-state index in [1.807, 2.05) is 0 Å². The number of pyridine rings is 1. The minimum atomic E-state index is -0.394. The molecule has 0 spiro atoms. The lowest BCUT2D eigenvalue weighted by atomic mass is 10.1. The minimum absolute atomic E-state index is 0.110. The van der Waals surface area contributed by atoms with Crippen LogP contribution in [-0.4, -0.2) is 16.0 Å². The predicted molar refractivity (Wildman–Crippen MR) is 67.9 cm³/mol. The van der Waals surface area contributed by atoms with Gasteiger partial charge in [-0.2, -0.15) is 0 Å². The van der Waals surface area contributed by atoms with Gasteiger partial charge in [-0.05, 0) is 25.1 Å². The third-order valence-electron chi connectivity index (χ3n) is 2.59. The molecule has 0 saturated carbocycles. The van der Waals surface area contributed by atoms with Gasteiger partial charge in [0.15, 0.2) is 0 Å². The second-order valence-corrected chi connectivity index (χ2v) is 3.85. The molecule has 1 amide bonds. The van der Waals surface area contributed by atoms with Crippen LogP contribution >= 0.6 is 0 Å². The lowest BCUT2D eigenvalue weighted by Crippen LogP contribution is -2.16. The van der Waals surface area contributed by atoms with Crippen molar-refractivity contribution in [3.05, 3.63) is 58.0 Å². The smallest absolute Gasteiger partial charge is 0.255 e. The zero-order valence-electron chi connectivity index (χ0n) is 9.73. The van der Waals surface area contributed by atoms with Gasteiger partial charge in [-0.3, -0.25) is 9.59 Å². The summed E-state index contributed by atoms with van der Waals surface area (Å²) in [7, 11) is 0. The van der Waals surface area contributed by atoms with E-state index in [1.54, 1.807) is 19.1 Å². The maximum absolute atomic E-state index is 11.9. The van der Waals surface area contributed by atoms with Crippen LogP contribution in [0.3, 0.4) is 0 Å². The largest absolute Gasteiger partial charge is 0.508 e. The van der Waals surface area contributed by atoms with Crippen molar-refractivity contribution in [3.63, 3.8) is 0 Å². The van der Waals surface area contributed by atoms with Gasteiger partial charge in [0.05, 0.1) is 0 Å². The third kappa shape index (κ3) is 2.40. The summed E-state index contributed by atoms with van der Waals surface area (Å²) in [6.07, 6.45) is 1.41. The Morgan fingerprint density at radius 2 is 2.11 bits per heavy atom. The second kappa shape index (κ2) is 4.75. The van der Waals surface area contributed by atoms with Crippen LogP contribution in [0.2, 0.25) is 0 Å². The number of hydrogen-bond donors (Lipinski definition) is 3. The molecule has 0 unspecified atom stereocenters. The molecule has 3 N–H and O–H groups in total. The molecule has 5 nitrogen and oxygen atoms in total. The summed E-state index contributed by atoms with van der Waals surface area (Å²) >= 11 is 0. The summed E-state index contributed by atoms with van der Waals surface area (Å²) in [5.74, 6) is -0.284. The van der Waals surface area contributed by atoms with Crippen molar-refractivity contribution in [2.75, 3.05) is 5.32 Å². The molecule has 1 heterocycles. The van der Waals surface area contributed by atoms with Crippen LogP contribution in [0.1, 0.15) is 15.9 Å². The molecule has 92 valence electrons. The molecule has 5 heteroatoms. The fourth-order valence-electron chi connectivity index (χ4n) is 1.54. The lowest BCUT2D eigenvalue weighted by molar-refractivity contribution is 0.102. The number of benzene rings is 1. The molecule has 1 aromatic heterocycles. The molecular formula is C13H12N2O3. The predicted octanol–water partition coefficient (Wildman–Crippen LogP) is 1.64. The molecule has 1 aromatic carbocycles. The first-order chi connectivity index (χ1) is 8.58. The van der Waals surface area contributed by atoms with E-state index in [9.17, 15) is 14.7 Å². The molecule has 0 fully saturated rings. The second-order valence-electron chi connectivity index (χ2n) is 3.85. The highest BCUT2D eigenvalue weighted by Crippen LogP contribution is 2.24. The topological polar surface area (TPSA) is 82.2 Å². The van der Waals surface area contributed by atoms with E-state index >= 15 is 0 Å². The Hall–Kier alpha value is -2.56. The van der Waals surface area contributed by atoms with Crippen LogP contribution in [0.15, 0.2) is 41.3 Å². The molecule has 0 bridgehead atoms. The molecule has 18 heavy (non-hydrogen) atoms. The number of aromatic hydroxyl groups is 1. The maximum atomic E-state index is 11.9. The van der Waals surface area contributed by atoms with Crippen molar-refractivity contribution in [1.29, 1.82) is 0 Å². The SMILES string of the molecule is Cc1c(O)cccc1NC(=O)c1cc[nH]c(=O)c1. The van der Waals surface area contributed by atoms with Gasteiger partial charge in [-0.1, -0.05) is 6.07 Å². The Kier molecular flexibility index (Phi) is 3.14. The molecule has 2 rings (SSSR count). The standard InChI is InChI=1S/C13H12N2O3/c1-8-10(3-2-4-11(8)16)15-13(18)9-5-6-14-12(17)7-9/h2-7,16H,1H3,(H,14,17)(H,15,18). The molecular weight excluding hydrogens is 232 g/mol. The van der Waals surface area contributed by atoms with Crippen molar-refractivity contribution in [1.82, 2.24) is 4.98 Å². The van der Waals surface area contributed by atoms with E-state index in [-0.39, 0.29) is 16.9 Å². The lowest BCUT2D eigenvalue weighted by Gasteiger charge is -2.09. The van der Waals surface area contributed by atoms with Crippen LogP contribution in [0, 0.1) is 6.92 Å². The molecule has 2 aromatic rings. The number of hydrogen-bond acceptors (Lipinski definition) is 3. The van der Waals surface area contributed by atoms with E-state index in [0.717, 1.165) is 0 Å². The number of phenolic OH excluding ortho intramolecular Hbond substituents is 1. The average molecular weight is 244 g/mol. The zero-order chi connectivity index (χ0) is 13.1. The molecule has 0 atom stereocenters. The average Bonchev–Trinajstić information content (AvgIpc) is 2.35. The third-order valence-corrected chi connectivity index (χ3v) is 2.59. The first-order valence-electron chi connectivity index (χ1n) is 5.36. The van der Waals surface area contributed by atoms with E-state index in [1.165, 1.54) is 24.4 Å². The first kappa shape index (κ1) is 11.9.